The van der Waals surface area contributed by atoms with E-state index in [0.717, 1.165) is 43.3 Å². The van der Waals surface area contributed by atoms with Gasteiger partial charge in [0.05, 0.1) is 10.5 Å². The number of sulfonamides is 1. The van der Waals surface area contributed by atoms with Crippen molar-refractivity contribution in [1.29, 1.82) is 0 Å². The van der Waals surface area contributed by atoms with Gasteiger partial charge in [-0.15, -0.1) is 0 Å². The van der Waals surface area contributed by atoms with Crippen LogP contribution in [0.3, 0.4) is 0 Å². The van der Waals surface area contributed by atoms with Gasteiger partial charge in [-0.1, -0.05) is 36.4 Å². The number of nitrogens with one attached hydrogen (secondary N) is 2. The van der Waals surface area contributed by atoms with E-state index < -0.39 is 21.8 Å². The Balaban J connectivity index is 1.20. The minimum Gasteiger partial charge on any atom is -0.367 e. The first-order valence-electron chi connectivity index (χ1n) is 12.1. The van der Waals surface area contributed by atoms with E-state index in [1.54, 1.807) is 12.1 Å². The van der Waals surface area contributed by atoms with E-state index in [9.17, 15) is 26.4 Å². The average Bonchev–Trinajstić information content (AvgIpc) is 3.31. The number of alkyl halides is 3. The summed E-state index contributed by atoms with van der Waals surface area (Å²) in [6.45, 7) is 1.69. The predicted molar refractivity (Wildman–Crippen MR) is 144 cm³/mol. The Labute approximate surface area is 224 Å². The molecule has 1 aliphatic heterocycles. The summed E-state index contributed by atoms with van der Waals surface area (Å²) in [6, 6.07) is 24.9. The molecule has 0 fully saturated rings. The maximum Gasteiger partial charge on any atom is 0.416 e. The van der Waals surface area contributed by atoms with E-state index in [1.165, 1.54) is 41.6 Å². The van der Waals surface area contributed by atoms with Crippen molar-refractivity contribution >= 4 is 33.0 Å². The van der Waals surface area contributed by atoms with Gasteiger partial charge in [0.1, 0.15) is 0 Å². The molecule has 4 aromatic rings. The molecule has 0 spiro atoms. The number of anilines is 3. The summed E-state index contributed by atoms with van der Waals surface area (Å²) in [4.78, 5) is 14.9. The number of hydrogen-bond acceptors (Lipinski definition) is 4. The Morgan fingerprint density at radius 2 is 1.56 bits per heavy atom. The van der Waals surface area contributed by atoms with Gasteiger partial charge in [-0.3, -0.25) is 9.52 Å². The first-order valence-corrected chi connectivity index (χ1v) is 13.6. The fourth-order valence-electron chi connectivity index (χ4n) is 4.45. The summed E-state index contributed by atoms with van der Waals surface area (Å²) in [5.41, 5.74) is 3.29. The number of carbonyl (C=O) groups is 1. The first-order chi connectivity index (χ1) is 18.6. The number of fused-ring (bicyclic) bond motifs is 1. The summed E-state index contributed by atoms with van der Waals surface area (Å²) in [5, 5.41) is 2.73. The SMILES string of the molecule is O=C(Nc1ccc(S(=O)(=O)Nc2cccc(C(F)(F)F)c2)cc1)c1ccc(CN2CCc3ccccc32)cc1. The molecule has 0 aliphatic carbocycles. The summed E-state index contributed by atoms with van der Waals surface area (Å²) >= 11 is 0. The van der Waals surface area contributed by atoms with Crippen LogP contribution in [0.15, 0.2) is 102 Å². The summed E-state index contributed by atoms with van der Waals surface area (Å²) in [5.74, 6) is -0.356. The highest BCUT2D eigenvalue weighted by Gasteiger charge is 2.30. The van der Waals surface area contributed by atoms with Crippen molar-refractivity contribution in [3.05, 3.63) is 119 Å². The Morgan fingerprint density at radius 3 is 2.28 bits per heavy atom. The molecule has 5 rings (SSSR count). The monoisotopic (exact) mass is 551 g/mol. The van der Waals surface area contributed by atoms with E-state index in [1.807, 2.05) is 24.3 Å². The van der Waals surface area contributed by atoms with Crippen LogP contribution >= 0.6 is 0 Å². The minimum atomic E-state index is -4.60. The topological polar surface area (TPSA) is 78.5 Å². The molecule has 10 heteroatoms. The number of amides is 1. The highest BCUT2D eigenvalue weighted by Crippen LogP contribution is 2.31. The zero-order chi connectivity index (χ0) is 27.6. The number of carbonyl (C=O) groups excluding carboxylic acids is 1. The molecular weight excluding hydrogens is 527 g/mol. The van der Waals surface area contributed by atoms with E-state index in [0.29, 0.717) is 11.3 Å². The molecule has 6 nitrogen and oxygen atoms in total. The van der Waals surface area contributed by atoms with Crippen LogP contribution in [-0.2, 0) is 29.2 Å². The highest BCUT2D eigenvalue weighted by atomic mass is 32.2. The number of nitrogens with zero attached hydrogens (tertiary/aromatic N) is 1. The van der Waals surface area contributed by atoms with Crippen molar-refractivity contribution in [2.75, 3.05) is 21.5 Å². The van der Waals surface area contributed by atoms with Crippen molar-refractivity contribution in [3.63, 3.8) is 0 Å². The number of para-hydroxylation sites is 1. The molecule has 0 saturated carbocycles. The zero-order valence-electron chi connectivity index (χ0n) is 20.6. The highest BCUT2D eigenvalue weighted by molar-refractivity contribution is 7.92. The van der Waals surface area contributed by atoms with Gasteiger partial charge < -0.3 is 10.2 Å². The Kier molecular flexibility index (Phi) is 7.05. The van der Waals surface area contributed by atoms with Gasteiger partial charge in [0.25, 0.3) is 15.9 Å². The maximum absolute atomic E-state index is 12.9. The molecule has 0 radical (unpaired) electrons. The van der Waals surface area contributed by atoms with Crippen LogP contribution in [-0.4, -0.2) is 20.9 Å². The third-order valence-corrected chi connectivity index (χ3v) is 7.83. The van der Waals surface area contributed by atoms with Gasteiger partial charge in [0.2, 0.25) is 0 Å². The van der Waals surface area contributed by atoms with Crippen molar-refractivity contribution in [3.8, 4) is 0 Å². The van der Waals surface area contributed by atoms with E-state index in [2.05, 4.69) is 27.1 Å². The zero-order valence-corrected chi connectivity index (χ0v) is 21.4. The molecule has 0 unspecified atom stereocenters. The minimum absolute atomic E-state index is 0.161. The van der Waals surface area contributed by atoms with Crippen molar-refractivity contribution in [2.45, 2.75) is 24.0 Å². The van der Waals surface area contributed by atoms with Gasteiger partial charge in [-0.2, -0.15) is 13.2 Å². The van der Waals surface area contributed by atoms with Crippen LogP contribution < -0.4 is 14.9 Å². The molecule has 1 amide bonds. The molecule has 1 heterocycles. The van der Waals surface area contributed by atoms with Gasteiger partial charge in [0.15, 0.2) is 0 Å². The van der Waals surface area contributed by atoms with E-state index in [4.69, 9.17) is 0 Å². The number of hydrogen-bond donors (Lipinski definition) is 2. The van der Waals surface area contributed by atoms with Crippen LogP contribution in [0.1, 0.15) is 27.0 Å². The lowest BCUT2D eigenvalue weighted by atomic mass is 10.1. The largest absolute Gasteiger partial charge is 0.416 e. The van der Waals surface area contributed by atoms with Gasteiger partial charge in [-0.05, 0) is 78.2 Å². The predicted octanol–water partition coefficient (Wildman–Crippen LogP) is 6.32. The van der Waals surface area contributed by atoms with Gasteiger partial charge >= 0.3 is 6.18 Å². The Hall–Kier alpha value is -4.31. The van der Waals surface area contributed by atoms with Crippen LogP contribution in [0.5, 0.6) is 0 Å². The second kappa shape index (κ2) is 10.5. The average molecular weight is 552 g/mol. The number of benzene rings is 4. The number of halogens is 3. The van der Waals surface area contributed by atoms with Crippen LogP contribution in [0.25, 0.3) is 0 Å². The fourth-order valence-corrected chi connectivity index (χ4v) is 5.50. The van der Waals surface area contributed by atoms with E-state index in [-0.39, 0.29) is 16.5 Å². The molecular formula is C29H24F3N3O3S. The van der Waals surface area contributed by atoms with Gasteiger partial charge in [-0.25, -0.2) is 8.42 Å². The molecule has 0 saturated heterocycles. The van der Waals surface area contributed by atoms with Crippen molar-refractivity contribution in [2.24, 2.45) is 0 Å². The molecule has 1 aliphatic rings. The third-order valence-electron chi connectivity index (χ3n) is 6.44. The van der Waals surface area contributed by atoms with Crippen molar-refractivity contribution < 1.29 is 26.4 Å². The van der Waals surface area contributed by atoms with Crippen molar-refractivity contribution in [1.82, 2.24) is 0 Å². The number of rotatable bonds is 7. The molecule has 200 valence electrons. The molecule has 0 aromatic heterocycles. The summed E-state index contributed by atoms with van der Waals surface area (Å²) in [6.07, 6.45) is -3.58. The maximum atomic E-state index is 12.9. The molecule has 4 aromatic carbocycles. The Morgan fingerprint density at radius 1 is 0.846 bits per heavy atom. The molecule has 2 N–H and O–H groups in total. The van der Waals surface area contributed by atoms with Crippen LogP contribution in [0, 0.1) is 0 Å². The quantitative estimate of drug-likeness (QED) is 0.282. The third kappa shape index (κ3) is 6.06. The molecule has 39 heavy (non-hydrogen) atoms. The van der Waals surface area contributed by atoms with Gasteiger partial charge in [0, 0.05) is 35.7 Å². The second-order valence-corrected chi connectivity index (χ2v) is 10.8. The normalized spacial score (nSPS) is 13.2. The smallest absolute Gasteiger partial charge is 0.367 e. The molecule has 0 bridgehead atoms. The van der Waals surface area contributed by atoms with Crippen LogP contribution in [0.4, 0.5) is 30.2 Å². The summed E-state index contributed by atoms with van der Waals surface area (Å²) < 4.78 is 66.3. The van der Waals surface area contributed by atoms with Crippen LogP contribution in [0.2, 0.25) is 0 Å². The lowest BCUT2D eigenvalue weighted by molar-refractivity contribution is -0.137. The van der Waals surface area contributed by atoms with E-state index >= 15 is 0 Å². The molecule has 0 atom stereocenters. The summed E-state index contributed by atoms with van der Waals surface area (Å²) in [7, 11) is -4.14. The lowest BCUT2D eigenvalue weighted by Crippen LogP contribution is -2.19. The second-order valence-electron chi connectivity index (χ2n) is 9.16. The first kappa shape index (κ1) is 26.3. The lowest BCUT2D eigenvalue weighted by Gasteiger charge is -2.19. The fraction of sp³-hybridized carbons (Fsp3) is 0.138. The Bertz CT molecular complexity index is 1600. The standard InChI is InChI=1S/C29H24F3N3O3S/c30-29(31,32)23-5-3-6-25(18-23)34-39(37,38)26-14-12-24(13-15-26)33-28(36)22-10-8-20(9-11-22)19-35-17-16-21-4-1-2-7-27(21)35/h1-15,18,34H,16-17,19H2,(H,33,36).